The summed E-state index contributed by atoms with van der Waals surface area (Å²) in [5.74, 6) is -0.739. The molecule has 0 amide bonds. The Labute approximate surface area is 185 Å². The van der Waals surface area contributed by atoms with Gasteiger partial charge in [0.2, 0.25) is 0 Å². The highest BCUT2D eigenvalue weighted by Crippen LogP contribution is 2.33. The first kappa shape index (κ1) is 27.0. The normalized spacial score (nSPS) is 20.2. The molecule has 0 aromatic carbocycles. The Morgan fingerprint density at radius 3 is 1.77 bits per heavy atom. The number of hydrogen-bond donors (Lipinski definition) is 0. The minimum Gasteiger partial charge on any atom is -0.465 e. The molecule has 0 saturated heterocycles. The average molecular weight is 425 g/mol. The Morgan fingerprint density at radius 1 is 0.767 bits per heavy atom. The van der Waals surface area contributed by atoms with Crippen molar-refractivity contribution in [1.29, 1.82) is 0 Å². The van der Waals surface area contributed by atoms with E-state index in [1.165, 1.54) is 51.4 Å². The first-order valence-corrected chi connectivity index (χ1v) is 12.9. The lowest BCUT2D eigenvalue weighted by Crippen LogP contribution is -2.37. The lowest BCUT2D eigenvalue weighted by Gasteiger charge is -2.30. The Balaban J connectivity index is 2.24. The largest absolute Gasteiger partial charge is 0.465 e. The molecule has 4 nitrogen and oxygen atoms in total. The molecule has 0 spiro atoms. The van der Waals surface area contributed by atoms with Gasteiger partial charge >= 0.3 is 11.9 Å². The fourth-order valence-electron chi connectivity index (χ4n) is 4.49. The zero-order valence-electron chi connectivity index (χ0n) is 20.3. The van der Waals surface area contributed by atoms with Crippen LogP contribution in [0.1, 0.15) is 124 Å². The van der Waals surface area contributed by atoms with Crippen LogP contribution in [0.2, 0.25) is 0 Å². The topological polar surface area (TPSA) is 52.6 Å². The third-order valence-corrected chi connectivity index (χ3v) is 6.53. The van der Waals surface area contributed by atoms with E-state index in [1.807, 2.05) is 6.92 Å². The SMILES string of the molecule is CCCCCCCCCCCCOC(=O)C1CCCCC1C(=O)OC(CC)C(C)C. The summed E-state index contributed by atoms with van der Waals surface area (Å²) in [6, 6.07) is 0. The van der Waals surface area contributed by atoms with Gasteiger partial charge in [0, 0.05) is 0 Å². The number of carbonyl (C=O) groups excluding carboxylic acids is 2. The van der Waals surface area contributed by atoms with Gasteiger partial charge in [-0.1, -0.05) is 98.3 Å². The molecule has 1 aliphatic carbocycles. The smallest absolute Gasteiger partial charge is 0.310 e. The summed E-state index contributed by atoms with van der Waals surface area (Å²) >= 11 is 0. The van der Waals surface area contributed by atoms with Gasteiger partial charge in [0.25, 0.3) is 0 Å². The second-order valence-electron chi connectivity index (χ2n) is 9.47. The van der Waals surface area contributed by atoms with Crippen LogP contribution in [0.4, 0.5) is 0 Å². The standard InChI is InChI=1S/C26H48O4/c1-5-7-8-9-10-11-12-13-14-17-20-29-25(27)22-18-15-16-19-23(22)26(28)30-24(6-2)21(3)4/h21-24H,5-20H2,1-4H3. The summed E-state index contributed by atoms with van der Waals surface area (Å²) in [4.78, 5) is 25.3. The van der Waals surface area contributed by atoms with Crippen molar-refractivity contribution in [3.8, 4) is 0 Å². The number of hydrogen-bond acceptors (Lipinski definition) is 4. The first-order chi connectivity index (χ1) is 14.5. The van der Waals surface area contributed by atoms with Gasteiger partial charge in [0.15, 0.2) is 0 Å². The maximum atomic E-state index is 12.7. The zero-order valence-corrected chi connectivity index (χ0v) is 20.3. The van der Waals surface area contributed by atoms with Gasteiger partial charge in [-0.15, -0.1) is 0 Å². The van der Waals surface area contributed by atoms with Crippen LogP contribution in [0.3, 0.4) is 0 Å². The molecule has 1 aliphatic rings. The molecule has 1 saturated carbocycles. The van der Waals surface area contributed by atoms with Crippen LogP contribution in [0.15, 0.2) is 0 Å². The van der Waals surface area contributed by atoms with E-state index in [4.69, 9.17) is 9.47 Å². The van der Waals surface area contributed by atoms with Crippen LogP contribution in [0.5, 0.6) is 0 Å². The molecule has 30 heavy (non-hydrogen) atoms. The molecule has 0 aromatic rings. The number of unbranched alkanes of at least 4 members (excludes halogenated alkanes) is 9. The van der Waals surface area contributed by atoms with Gasteiger partial charge in [0.1, 0.15) is 6.10 Å². The second kappa shape index (κ2) is 16.6. The van der Waals surface area contributed by atoms with Crippen LogP contribution in [0.25, 0.3) is 0 Å². The summed E-state index contributed by atoms with van der Waals surface area (Å²) in [5.41, 5.74) is 0. The van der Waals surface area contributed by atoms with Crippen LogP contribution >= 0.6 is 0 Å². The zero-order chi connectivity index (χ0) is 22.2. The van der Waals surface area contributed by atoms with E-state index in [2.05, 4.69) is 20.8 Å². The summed E-state index contributed by atoms with van der Waals surface area (Å²) in [6.45, 7) is 8.91. The van der Waals surface area contributed by atoms with Crippen LogP contribution < -0.4 is 0 Å². The molecule has 0 heterocycles. The van der Waals surface area contributed by atoms with Crippen molar-refractivity contribution in [3.05, 3.63) is 0 Å². The summed E-state index contributed by atoms with van der Waals surface area (Å²) in [6.07, 6.45) is 16.8. The molecular weight excluding hydrogens is 376 g/mol. The molecule has 1 fully saturated rings. The van der Waals surface area contributed by atoms with E-state index >= 15 is 0 Å². The molecule has 0 radical (unpaired) electrons. The van der Waals surface area contributed by atoms with Crippen molar-refractivity contribution in [3.63, 3.8) is 0 Å². The minimum absolute atomic E-state index is 0.0669. The van der Waals surface area contributed by atoms with Crippen LogP contribution in [-0.4, -0.2) is 24.6 Å². The maximum Gasteiger partial charge on any atom is 0.310 e. The lowest BCUT2D eigenvalue weighted by molar-refractivity contribution is -0.167. The van der Waals surface area contributed by atoms with Crippen molar-refractivity contribution < 1.29 is 19.1 Å². The molecule has 3 unspecified atom stereocenters. The molecule has 1 rings (SSSR count). The highest BCUT2D eigenvalue weighted by molar-refractivity contribution is 5.82. The molecule has 3 atom stereocenters. The van der Waals surface area contributed by atoms with E-state index in [9.17, 15) is 9.59 Å². The van der Waals surface area contributed by atoms with Crippen molar-refractivity contribution in [2.75, 3.05) is 6.61 Å². The maximum absolute atomic E-state index is 12.7. The number of rotatable bonds is 16. The first-order valence-electron chi connectivity index (χ1n) is 12.9. The van der Waals surface area contributed by atoms with E-state index in [0.717, 1.165) is 44.9 Å². The van der Waals surface area contributed by atoms with Gasteiger partial charge in [-0.2, -0.15) is 0 Å². The minimum atomic E-state index is -0.327. The second-order valence-corrected chi connectivity index (χ2v) is 9.47. The number of esters is 2. The Morgan fingerprint density at radius 2 is 1.27 bits per heavy atom. The van der Waals surface area contributed by atoms with Crippen molar-refractivity contribution in [2.24, 2.45) is 17.8 Å². The number of carbonyl (C=O) groups is 2. The van der Waals surface area contributed by atoms with Gasteiger partial charge in [-0.25, -0.2) is 0 Å². The third-order valence-electron chi connectivity index (χ3n) is 6.53. The van der Waals surface area contributed by atoms with Gasteiger partial charge in [-0.05, 0) is 31.6 Å². The van der Waals surface area contributed by atoms with E-state index in [-0.39, 0.29) is 29.9 Å². The fraction of sp³-hybridized carbons (Fsp3) is 0.923. The monoisotopic (exact) mass is 424 g/mol. The molecule has 0 N–H and O–H groups in total. The third kappa shape index (κ3) is 10.8. The Kier molecular flexibility index (Phi) is 14.9. The van der Waals surface area contributed by atoms with Crippen LogP contribution in [0, 0.1) is 17.8 Å². The molecule has 4 heteroatoms. The summed E-state index contributed by atoms with van der Waals surface area (Å²) in [7, 11) is 0. The molecule has 176 valence electrons. The van der Waals surface area contributed by atoms with Crippen molar-refractivity contribution in [2.45, 2.75) is 130 Å². The van der Waals surface area contributed by atoms with Crippen molar-refractivity contribution in [1.82, 2.24) is 0 Å². The van der Waals surface area contributed by atoms with Crippen molar-refractivity contribution >= 4 is 11.9 Å². The highest BCUT2D eigenvalue weighted by Gasteiger charge is 2.38. The molecular formula is C26H48O4. The fourth-order valence-corrected chi connectivity index (χ4v) is 4.49. The quantitative estimate of drug-likeness (QED) is 0.194. The van der Waals surface area contributed by atoms with Gasteiger partial charge < -0.3 is 9.47 Å². The Hall–Kier alpha value is -1.06. The summed E-state index contributed by atoms with van der Waals surface area (Å²) < 4.78 is 11.3. The average Bonchev–Trinajstić information content (AvgIpc) is 2.75. The van der Waals surface area contributed by atoms with Crippen LogP contribution in [-0.2, 0) is 19.1 Å². The predicted octanol–water partition coefficient (Wildman–Crippen LogP) is 7.23. The highest BCUT2D eigenvalue weighted by atomic mass is 16.5. The van der Waals surface area contributed by atoms with Gasteiger partial charge in [0.05, 0.1) is 18.4 Å². The molecule has 0 aliphatic heterocycles. The van der Waals surface area contributed by atoms with E-state index < -0.39 is 0 Å². The predicted molar refractivity (Wildman–Crippen MR) is 123 cm³/mol. The molecule has 0 aromatic heterocycles. The van der Waals surface area contributed by atoms with E-state index in [0.29, 0.717) is 12.5 Å². The summed E-state index contributed by atoms with van der Waals surface area (Å²) in [5, 5.41) is 0. The Bertz CT molecular complexity index is 460. The lowest BCUT2D eigenvalue weighted by atomic mass is 9.79. The van der Waals surface area contributed by atoms with E-state index in [1.54, 1.807) is 0 Å². The van der Waals surface area contributed by atoms with Gasteiger partial charge in [-0.3, -0.25) is 9.59 Å². The number of ether oxygens (including phenoxy) is 2. The molecule has 0 bridgehead atoms.